The molecule has 2 fully saturated rings. The van der Waals surface area contributed by atoms with Gasteiger partial charge in [-0.1, -0.05) is 0 Å². The molecule has 2 aromatic carbocycles. The lowest BCUT2D eigenvalue weighted by Gasteiger charge is -2.38. The van der Waals surface area contributed by atoms with Crippen LogP contribution in [0.5, 0.6) is 23.0 Å². The molecule has 0 bridgehead atoms. The SMILES string of the molecule is CCOc1cc2c(cc1OC)C(c1ccc(=O)n(C)c1)=N[C@@H]1CC[C@@H](OC(=O)/C=C/C(=O)O[C@@H]3CC[C@H]4N=C(c5ccc(=O)n(C)c5)c5cc(OC)c(OCC)cc5[C@H]4C3)C[C@H]21. The van der Waals surface area contributed by atoms with Gasteiger partial charge in [0, 0.05) is 84.9 Å². The molecule has 324 valence electrons. The predicted molar refractivity (Wildman–Crippen MR) is 233 cm³/mol. The largest absolute Gasteiger partial charge is 0.493 e. The third-order valence-corrected chi connectivity index (χ3v) is 12.3. The number of nitrogens with zero attached hydrogens (tertiary/aromatic N) is 4. The highest BCUT2D eigenvalue weighted by Gasteiger charge is 2.41. The first-order chi connectivity index (χ1) is 30.0. The summed E-state index contributed by atoms with van der Waals surface area (Å²) in [6, 6.07) is 14.4. The van der Waals surface area contributed by atoms with Crippen LogP contribution in [-0.4, -0.2) is 84.2 Å². The van der Waals surface area contributed by atoms with Gasteiger partial charge in [-0.3, -0.25) is 19.6 Å². The summed E-state index contributed by atoms with van der Waals surface area (Å²) >= 11 is 0. The minimum absolute atomic E-state index is 0.0700. The van der Waals surface area contributed by atoms with Crippen LogP contribution in [-0.2, 0) is 33.2 Å². The second-order valence-corrected chi connectivity index (χ2v) is 16.2. The Morgan fingerprint density at radius 2 is 1.05 bits per heavy atom. The van der Waals surface area contributed by atoms with Crippen molar-refractivity contribution in [3.8, 4) is 23.0 Å². The van der Waals surface area contributed by atoms with Crippen molar-refractivity contribution in [1.29, 1.82) is 0 Å². The first-order valence-electron chi connectivity index (χ1n) is 21.3. The number of pyridine rings is 2. The summed E-state index contributed by atoms with van der Waals surface area (Å²) < 4.78 is 38.3. The number of benzene rings is 2. The third-order valence-electron chi connectivity index (χ3n) is 12.3. The summed E-state index contributed by atoms with van der Waals surface area (Å²) in [5, 5.41) is 0. The molecule has 4 aromatic rings. The number of esters is 2. The normalized spacial score (nSPS) is 22.5. The number of rotatable bonds is 12. The van der Waals surface area contributed by atoms with Gasteiger partial charge in [0.05, 0.1) is 50.9 Å². The fourth-order valence-corrected chi connectivity index (χ4v) is 9.40. The second kappa shape index (κ2) is 17.9. The lowest BCUT2D eigenvalue weighted by atomic mass is 9.74. The van der Waals surface area contributed by atoms with Crippen molar-refractivity contribution in [3.63, 3.8) is 0 Å². The highest BCUT2D eigenvalue weighted by atomic mass is 16.6. The van der Waals surface area contributed by atoms with E-state index < -0.39 is 24.1 Å². The average molecular weight is 845 g/mol. The Kier molecular flexibility index (Phi) is 12.2. The number of carbonyl (C=O) groups is 2. The quantitative estimate of drug-likeness (QED) is 0.123. The molecule has 0 saturated heterocycles. The van der Waals surface area contributed by atoms with Crippen LogP contribution in [0.15, 0.2) is 92.7 Å². The zero-order chi connectivity index (χ0) is 43.7. The van der Waals surface area contributed by atoms with Crippen LogP contribution in [0.25, 0.3) is 0 Å². The monoisotopic (exact) mass is 844 g/mol. The predicted octanol–water partition coefficient (Wildman–Crippen LogP) is 5.95. The van der Waals surface area contributed by atoms with E-state index in [1.54, 1.807) is 52.8 Å². The molecule has 0 amide bonds. The van der Waals surface area contributed by atoms with Crippen LogP contribution in [0.1, 0.15) is 97.6 Å². The van der Waals surface area contributed by atoms with E-state index in [9.17, 15) is 19.2 Å². The van der Waals surface area contributed by atoms with Crippen molar-refractivity contribution < 1.29 is 38.0 Å². The molecular weight excluding hydrogens is 793 g/mol. The average Bonchev–Trinajstić information content (AvgIpc) is 3.27. The lowest BCUT2D eigenvalue weighted by Crippen LogP contribution is -2.36. The Hall–Kier alpha value is -6.44. The fourth-order valence-electron chi connectivity index (χ4n) is 9.40. The summed E-state index contributed by atoms with van der Waals surface area (Å²) in [7, 11) is 6.62. The van der Waals surface area contributed by atoms with Gasteiger partial charge in [0.15, 0.2) is 23.0 Å². The van der Waals surface area contributed by atoms with Gasteiger partial charge in [-0.15, -0.1) is 0 Å². The molecule has 2 aliphatic heterocycles. The topological polar surface area (TPSA) is 158 Å². The molecule has 4 heterocycles. The van der Waals surface area contributed by atoms with Gasteiger partial charge in [0.25, 0.3) is 0 Å². The highest BCUT2D eigenvalue weighted by molar-refractivity contribution is 6.15. The van der Waals surface area contributed by atoms with Crippen molar-refractivity contribution >= 4 is 23.4 Å². The highest BCUT2D eigenvalue weighted by Crippen LogP contribution is 2.47. The number of aryl methyl sites for hydroxylation is 2. The van der Waals surface area contributed by atoms with E-state index >= 15 is 0 Å². The maximum Gasteiger partial charge on any atom is 0.331 e. The van der Waals surface area contributed by atoms with Gasteiger partial charge in [0.2, 0.25) is 11.1 Å². The first kappa shape index (κ1) is 42.3. The molecule has 14 heteroatoms. The number of fused-ring (bicyclic) bond motifs is 6. The molecule has 2 aromatic heterocycles. The van der Waals surface area contributed by atoms with Crippen LogP contribution < -0.4 is 30.1 Å². The Morgan fingerprint density at radius 3 is 1.42 bits per heavy atom. The van der Waals surface area contributed by atoms with E-state index in [1.807, 2.05) is 38.1 Å². The van der Waals surface area contributed by atoms with Crippen molar-refractivity contribution in [2.45, 2.75) is 88.5 Å². The van der Waals surface area contributed by atoms with E-state index in [1.165, 1.54) is 21.3 Å². The summed E-state index contributed by atoms with van der Waals surface area (Å²) in [6.45, 7) is 4.74. The molecule has 62 heavy (non-hydrogen) atoms. The molecule has 2 aliphatic carbocycles. The molecule has 0 N–H and O–H groups in total. The number of methoxy groups -OCH3 is 2. The number of hydrogen-bond acceptors (Lipinski definition) is 12. The number of aromatic nitrogens is 2. The van der Waals surface area contributed by atoms with Crippen LogP contribution in [0.2, 0.25) is 0 Å². The van der Waals surface area contributed by atoms with Crippen molar-refractivity contribution in [2.75, 3.05) is 27.4 Å². The van der Waals surface area contributed by atoms with Gasteiger partial charge in [-0.05, 0) is 99.9 Å². The van der Waals surface area contributed by atoms with Crippen LogP contribution in [0.3, 0.4) is 0 Å². The zero-order valence-electron chi connectivity index (χ0n) is 35.9. The van der Waals surface area contributed by atoms with Crippen LogP contribution in [0.4, 0.5) is 0 Å². The molecule has 2 saturated carbocycles. The molecule has 14 nitrogen and oxygen atoms in total. The molecule has 0 unspecified atom stereocenters. The van der Waals surface area contributed by atoms with Crippen molar-refractivity contribution in [1.82, 2.24) is 9.13 Å². The van der Waals surface area contributed by atoms with Gasteiger partial charge in [0.1, 0.15) is 12.2 Å². The van der Waals surface area contributed by atoms with Gasteiger partial charge in [-0.25, -0.2) is 9.59 Å². The Morgan fingerprint density at radius 1 is 0.629 bits per heavy atom. The van der Waals surface area contributed by atoms with E-state index in [4.69, 9.17) is 38.4 Å². The fraction of sp³-hybridized carbons (Fsp3) is 0.417. The minimum atomic E-state index is -0.622. The van der Waals surface area contributed by atoms with Crippen LogP contribution in [0, 0.1) is 0 Å². The van der Waals surface area contributed by atoms with Crippen molar-refractivity contribution in [2.24, 2.45) is 24.1 Å². The lowest BCUT2D eigenvalue weighted by molar-refractivity contribution is -0.147. The third kappa shape index (κ3) is 8.42. The molecule has 4 aliphatic rings. The smallest absolute Gasteiger partial charge is 0.331 e. The number of ether oxygens (including phenoxy) is 6. The Balaban J connectivity index is 0.950. The van der Waals surface area contributed by atoms with Crippen molar-refractivity contribution in [3.05, 3.63) is 127 Å². The molecule has 0 spiro atoms. The van der Waals surface area contributed by atoms with Gasteiger partial charge in [-0.2, -0.15) is 0 Å². The van der Waals surface area contributed by atoms with Gasteiger partial charge < -0.3 is 37.6 Å². The van der Waals surface area contributed by atoms with Gasteiger partial charge >= 0.3 is 11.9 Å². The maximum absolute atomic E-state index is 13.2. The number of hydrogen-bond donors (Lipinski definition) is 0. The molecule has 8 rings (SSSR count). The standard InChI is InChI=1S/C48H52N4O10/c1-7-59-41-21-31-33-19-29(11-13-37(33)49-47(35(31)23-39(41)57-5)27-9-15-43(53)51(3)25-27)61-45(55)17-18-46(56)62-30-12-14-38-34(20-30)32-22-42(60-8-2)40(58-6)24-36(32)48(50-38)28-10-16-44(54)52(4)26-28/h9-10,15-18,21-26,29-30,33-34,37-38H,7-8,11-14,19-20H2,1-6H3/b18-17+/t29-,30-,33-,34-,37-,38-/m1/s1. The summed E-state index contributed by atoms with van der Waals surface area (Å²) in [5.41, 5.74) is 6.71. The Bertz CT molecular complexity index is 2430. The van der Waals surface area contributed by atoms with E-state index in [-0.39, 0.29) is 35.0 Å². The summed E-state index contributed by atoms with van der Waals surface area (Å²) in [6.07, 6.45) is 8.63. The minimum Gasteiger partial charge on any atom is -0.493 e. The van der Waals surface area contributed by atoms with E-state index in [2.05, 4.69) is 0 Å². The summed E-state index contributed by atoms with van der Waals surface area (Å²) in [4.78, 5) is 61.3. The Labute approximate surface area is 359 Å². The maximum atomic E-state index is 13.2. The molecule has 6 atom stereocenters. The van der Waals surface area contributed by atoms with E-state index in [0.29, 0.717) is 74.7 Å². The van der Waals surface area contributed by atoms with E-state index in [0.717, 1.165) is 57.0 Å². The number of aliphatic imine (C=N–C) groups is 2. The molecule has 0 radical (unpaired) electrons. The summed E-state index contributed by atoms with van der Waals surface area (Å²) in [5.74, 6) is 0.998. The first-order valence-corrected chi connectivity index (χ1v) is 21.3. The number of carbonyl (C=O) groups excluding carboxylic acids is 2. The zero-order valence-corrected chi connectivity index (χ0v) is 35.9. The van der Waals surface area contributed by atoms with Crippen LogP contribution >= 0.6 is 0 Å². The second-order valence-electron chi connectivity index (χ2n) is 16.2. The molecular formula is C48H52N4O10.